The molecule has 2 aromatic rings. The minimum Gasteiger partial charge on any atom is -0.446 e. The van der Waals surface area contributed by atoms with Gasteiger partial charge in [0.25, 0.3) is 10.0 Å². The lowest BCUT2D eigenvalue weighted by atomic mass is 10.3. The molecular formula is C12H12BrFN2O3S. The van der Waals surface area contributed by atoms with Crippen LogP contribution in [0.5, 0.6) is 0 Å². The first-order valence-corrected chi connectivity index (χ1v) is 7.91. The van der Waals surface area contributed by atoms with Crippen molar-refractivity contribution in [1.29, 1.82) is 0 Å². The van der Waals surface area contributed by atoms with Crippen molar-refractivity contribution in [3.05, 3.63) is 46.4 Å². The molecule has 0 fully saturated rings. The van der Waals surface area contributed by atoms with Crippen LogP contribution in [0, 0.1) is 5.82 Å². The summed E-state index contributed by atoms with van der Waals surface area (Å²) >= 11 is 3.09. The molecule has 0 aliphatic carbocycles. The monoisotopic (exact) mass is 362 g/mol. The summed E-state index contributed by atoms with van der Waals surface area (Å²) in [6.07, 6.45) is 0. The van der Waals surface area contributed by atoms with E-state index in [0.717, 1.165) is 6.07 Å². The molecule has 0 atom stereocenters. The van der Waals surface area contributed by atoms with Crippen LogP contribution in [0.15, 0.2) is 44.3 Å². The van der Waals surface area contributed by atoms with Crippen molar-refractivity contribution in [3.63, 3.8) is 0 Å². The molecule has 5 nitrogen and oxygen atoms in total. The van der Waals surface area contributed by atoms with Crippen molar-refractivity contribution in [2.75, 3.05) is 11.8 Å². The van der Waals surface area contributed by atoms with Gasteiger partial charge < -0.3 is 9.73 Å². The Balaban J connectivity index is 2.26. The molecule has 1 aromatic heterocycles. The van der Waals surface area contributed by atoms with Gasteiger partial charge in [0.15, 0.2) is 0 Å². The third-order valence-corrected chi connectivity index (χ3v) is 4.32. The third-order valence-electron chi connectivity index (χ3n) is 2.43. The van der Waals surface area contributed by atoms with Gasteiger partial charge in [-0.25, -0.2) is 4.39 Å². The van der Waals surface area contributed by atoms with Crippen LogP contribution in [0.4, 0.5) is 10.1 Å². The summed E-state index contributed by atoms with van der Waals surface area (Å²) < 4.78 is 45.1. The Kier molecular flexibility index (Phi) is 4.46. The molecule has 0 aliphatic rings. The van der Waals surface area contributed by atoms with Crippen molar-refractivity contribution in [3.8, 4) is 0 Å². The predicted molar refractivity (Wildman–Crippen MR) is 76.4 cm³/mol. The molecule has 2 rings (SSSR count). The average Bonchev–Trinajstić information content (AvgIpc) is 2.83. The summed E-state index contributed by atoms with van der Waals surface area (Å²) in [5.74, 6) is 0.0418. The highest BCUT2D eigenvalue weighted by Gasteiger charge is 2.20. The lowest BCUT2D eigenvalue weighted by Gasteiger charge is -2.07. The molecule has 0 bridgehead atoms. The minimum atomic E-state index is -3.84. The smallest absolute Gasteiger partial charge is 0.295 e. The molecule has 0 saturated carbocycles. The van der Waals surface area contributed by atoms with Crippen LogP contribution in [0.2, 0.25) is 0 Å². The van der Waals surface area contributed by atoms with Crippen LogP contribution in [0.3, 0.4) is 0 Å². The van der Waals surface area contributed by atoms with Crippen LogP contribution >= 0.6 is 15.9 Å². The number of hydrogen-bond acceptors (Lipinski definition) is 4. The quantitative estimate of drug-likeness (QED) is 0.857. The Bertz CT molecular complexity index is 715. The normalized spacial score (nSPS) is 11.6. The Morgan fingerprint density at radius 2 is 2.05 bits per heavy atom. The maximum absolute atomic E-state index is 13.0. The maximum atomic E-state index is 13.0. The SMILES string of the molecule is CNCc1ccc(S(=O)(=O)Nc2ccc(F)cc2Br)o1. The number of hydrogen-bond donors (Lipinski definition) is 2. The van der Waals surface area contributed by atoms with Crippen molar-refractivity contribution in [2.24, 2.45) is 0 Å². The van der Waals surface area contributed by atoms with Crippen molar-refractivity contribution in [2.45, 2.75) is 11.6 Å². The van der Waals surface area contributed by atoms with Crippen molar-refractivity contribution in [1.82, 2.24) is 5.32 Å². The summed E-state index contributed by atoms with van der Waals surface area (Å²) in [6, 6.07) is 6.61. The van der Waals surface area contributed by atoms with Gasteiger partial charge >= 0.3 is 0 Å². The van der Waals surface area contributed by atoms with Gasteiger partial charge in [0.1, 0.15) is 11.6 Å². The molecule has 0 radical (unpaired) electrons. The van der Waals surface area contributed by atoms with Crippen LogP contribution in [0.25, 0.3) is 0 Å². The number of nitrogens with one attached hydrogen (secondary N) is 2. The zero-order valence-corrected chi connectivity index (χ0v) is 12.9. The van der Waals surface area contributed by atoms with Gasteiger partial charge in [-0.2, -0.15) is 8.42 Å². The fraction of sp³-hybridized carbons (Fsp3) is 0.167. The molecule has 20 heavy (non-hydrogen) atoms. The van der Waals surface area contributed by atoms with E-state index in [1.165, 1.54) is 18.2 Å². The zero-order chi connectivity index (χ0) is 14.8. The Labute approximate surface area is 124 Å². The minimum absolute atomic E-state index is 0.195. The van der Waals surface area contributed by atoms with Gasteiger partial charge in [-0.3, -0.25) is 4.72 Å². The van der Waals surface area contributed by atoms with E-state index in [0.29, 0.717) is 16.8 Å². The molecule has 1 aromatic carbocycles. The molecule has 1 heterocycles. The number of sulfonamides is 1. The van der Waals surface area contributed by atoms with E-state index in [9.17, 15) is 12.8 Å². The molecule has 108 valence electrons. The summed E-state index contributed by atoms with van der Waals surface area (Å²) in [7, 11) is -2.12. The number of halogens is 2. The zero-order valence-electron chi connectivity index (χ0n) is 10.5. The standard InChI is InChI=1S/C12H12BrFN2O3S/c1-15-7-9-3-5-12(19-9)20(17,18)16-11-4-2-8(14)6-10(11)13/h2-6,15-16H,7H2,1H3. The fourth-order valence-corrected chi connectivity index (χ4v) is 3.15. The highest BCUT2D eigenvalue weighted by atomic mass is 79.9. The second-order valence-electron chi connectivity index (χ2n) is 3.98. The maximum Gasteiger partial charge on any atom is 0.295 e. The first kappa shape index (κ1) is 15.0. The lowest BCUT2D eigenvalue weighted by Crippen LogP contribution is -2.12. The predicted octanol–water partition coefficient (Wildman–Crippen LogP) is 2.70. The van der Waals surface area contributed by atoms with Crippen molar-refractivity contribution < 1.29 is 17.2 Å². The second kappa shape index (κ2) is 5.94. The number of benzene rings is 1. The highest BCUT2D eigenvalue weighted by molar-refractivity contribution is 9.10. The van der Waals surface area contributed by atoms with E-state index in [-0.39, 0.29) is 10.8 Å². The summed E-state index contributed by atoms with van der Waals surface area (Å²) in [6.45, 7) is 0.426. The molecule has 0 saturated heterocycles. The van der Waals surface area contributed by atoms with E-state index in [1.54, 1.807) is 13.1 Å². The average molecular weight is 363 g/mol. The van der Waals surface area contributed by atoms with Crippen LogP contribution in [0.1, 0.15) is 5.76 Å². The van der Waals surface area contributed by atoms with E-state index in [4.69, 9.17) is 4.42 Å². The van der Waals surface area contributed by atoms with Crippen molar-refractivity contribution >= 4 is 31.6 Å². The number of rotatable bonds is 5. The van der Waals surface area contributed by atoms with Crippen LogP contribution in [-0.4, -0.2) is 15.5 Å². The van der Waals surface area contributed by atoms with Gasteiger partial charge in [0, 0.05) is 4.47 Å². The molecular weight excluding hydrogens is 351 g/mol. The van der Waals surface area contributed by atoms with Gasteiger partial charge in [0.2, 0.25) is 5.09 Å². The Morgan fingerprint density at radius 3 is 2.70 bits per heavy atom. The van der Waals surface area contributed by atoms with Gasteiger partial charge in [0.05, 0.1) is 12.2 Å². The molecule has 0 aliphatic heterocycles. The summed E-state index contributed by atoms with van der Waals surface area (Å²) in [4.78, 5) is 0. The van der Waals surface area contributed by atoms with Gasteiger partial charge in [-0.15, -0.1) is 0 Å². The topological polar surface area (TPSA) is 71.3 Å². The third kappa shape index (κ3) is 3.38. The second-order valence-corrected chi connectivity index (χ2v) is 6.45. The van der Waals surface area contributed by atoms with E-state index < -0.39 is 15.8 Å². The first-order valence-electron chi connectivity index (χ1n) is 5.63. The van der Waals surface area contributed by atoms with E-state index >= 15 is 0 Å². The van der Waals surface area contributed by atoms with Crippen LogP contribution < -0.4 is 10.0 Å². The lowest BCUT2D eigenvalue weighted by molar-refractivity contribution is 0.408. The first-order chi connectivity index (χ1) is 9.42. The largest absolute Gasteiger partial charge is 0.446 e. The number of furan rings is 1. The van der Waals surface area contributed by atoms with E-state index in [1.807, 2.05) is 0 Å². The molecule has 8 heteroatoms. The molecule has 0 unspecified atom stereocenters. The molecule has 0 amide bonds. The van der Waals surface area contributed by atoms with E-state index in [2.05, 4.69) is 26.0 Å². The number of anilines is 1. The Hall–Kier alpha value is -1.38. The summed E-state index contributed by atoms with van der Waals surface area (Å²) in [5, 5.41) is 2.66. The van der Waals surface area contributed by atoms with Gasteiger partial charge in [-0.1, -0.05) is 0 Å². The Morgan fingerprint density at radius 1 is 1.30 bits per heavy atom. The molecule has 0 spiro atoms. The summed E-state index contributed by atoms with van der Waals surface area (Å²) in [5.41, 5.74) is 0.234. The molecule has 2 N–H and O–H groups in total. The highest BCUT2D eigenvalue weighted by Crippen LogP contribution is 2.26. The fourth-order valence-electron chi connectivity index (χ4n) is 1.54. The van der Waals surface area contributed by atoms with Gasteiger partial charge in [-0.05, 0) is 53.3 Å². The van der Waals surface area contributed by atoms with Crippen LogP contribution in [-0.2, 0) is 16.6 Å².